The molecule has 0 saturated carbocycles. The largest absolute Gasteiger partial charge is 0.497 e. The highest BCUT2D eigenvalue weighted by atomic mass is 79.9. The fraction of sp³-hybridized carbons (Fsp3) is 0.321. The van der Waals surface area contributed by atoms with Gasteiger partial charge in [0.2, 0.25) is 0 Å². The summed E-state index contributed by atoms with van der Waals surface area (Å²) in [5, 5.41) is 0. The van der Waals surface area contributed by atoms with Crippen molar-refractivity contribution in [1.29, 1.82) is 0 Å². The van der Waals surface area contributed by atoms with Crippen LogP contribution in [0.2, 0.25) is 0 Å². The third-order valence-electron chi connectivity index (χ3n) is 5.61. The quantitative estimate of drug-likeness (QED) is 0.375. The van der Waals surface area contributed by atoms with E-state index >= 15 is 0 Å². The first-order valence-electron chi connectivity index (χ1n) is 11.9. The predicted octanol–water partition coefficient (Wildman–Crippen LogP) is 4.75. The number of nitrogens with zero attached hydrogens (tertiary/aromatic N) is 2. The molecule has 0 bridgehead atoms. The Kier molecular flexibility index (Phi) is 8.04. The molecule has 0 saturated heterocycles. The number of carbonyl (C=O) groups excluding carboxylic acids is 1. The maximum absolute atomic E-state index is 13.9. The van der Waals surface area contributed by atoms with E-state index in [9.17, 15) is 9.59 Å². The Morgan fingerprint density at radius 1 is 1.14 bits per heavy atom. The predicted molar refractivity (Wildman–Crippen MR) is 148 cm³/mol. The third kappa shape index (κ3) is 5.72. The SMILES string of the molecule is COc1cccc([C@H]2C(C(=O)OC(C)C)=C(C)N=c3s/c(=C\c4cc(Br)ccc4OC(C)C)c(=O)n32)c1. The number of hydrogen-bond donors (Lipinski definition) is 0. The lowest BCUT2D eigenvalue weighted by Crippen LogP contribution is -2.40. The molecule has 2 heterocycles. The number of rotatable bonds is 7. The summed E-state index contributed by atoms with van der Waals surface area (Å²) in [6.45, 7) is 9.25. The average Bonchev–Trinajstić information content (AvgIpc) is 3.13. The zero-order chi connectivity index (χ0) is 26.9. The summed E-state index contributed by atoms with van der Waals surface area (Å²) in [5.41, 5.74) is 2.07. The van der Waals surface area contributed by atoms with Gasteiger partial charge in [-0.1, -0.05) is 39.4 Å². The molecule has 0 fully saturated rings. The summed E-state index contributed by atoms with van der Waals surface area (Å²) in [6.07, 6.45) is 1.46. The van der Waals surface area contributed by atoms with E-state index in [0.717, 1.165) is 15.6 Å². The molecule has 1 atom stereocenters. The maximum atomic E-state index is 13.9. The molecule has 0 radical (unpaired) electrons. The minimum absolute atomic E-state index is 0.0280. The van der Waals surface area contributed by atoms with Crippen LogP contribution in [0.3, 0.4) is 0 Å². The van der Waals surface area contributed by atoms with Crippen LogP contribution in [0.25, 0.3) is 6.08 Å². The zero-order valence-electron chi connectivity index (χ0n) is 21.6. The van der Waals surface area contributed by atoms with Crippen molar-refractivity contribution in [2.75, 3.05) is 7.11 Å². The van der Waals surface area contributed by atoms with Gasteiger partial charge in [-0.15, -0.1) is 0 Å². The summed E-state index contributed by atoms with van der Waals surface area (Å²) < 4.78 is 19.9. The second kappa shape index (κ2) is 11.1. The summed E-state index contributed by atoms with van der Waals surface area (Å²) in [5.74, 6) is 0.791. The number of fused-ring (bicyclic) bond motifs is 1. The standard InChI is InChI=1S/C28H29BrN2O5S/c1-15(2)35-22-11-10-20(29)12-19(22)14-23-26(32)31-25(18-8-7-9-21(13-18)34-6)24(27(33)36-16(3)4)17(5)30-28(31)37-23/h7-16,25H,1-6H3/b23-14-/t25-/m0/s1. The van der Waals surface area contributed by atoms with Gasteiger partial charge in [0.25, 0.3) is 5.56 Å². The van der Waals surface area contributed by atoms with Crippen molar-refractivity contribution in [2.45, 2.75) is 52.9 Å². The zero-order valence-corrected chi connectivity index (χ0v) is 24.0. The van der Waals surface area contributed by atoms with E-state index in [1.54, 1.807) is 38.5 Å². The molecule has 1 aliphatic heterocycles. The van der Waals surface area contributed by atoms with E-state index in [0.29, 0.717) is 32.1 Å². The minimum Gasteiger partial charge on any atom is -0.497 e. The summed E-state index contributed by atoms with van der Waals surface area (Å²) in [6, 6.07) is 12.3. The number of esters is 1. The molecular weight excluding hydrogens is 556 g/mol. The van der Waals surface area contributed by atoms with Crippen LogP contribution >= 0.6 is 27.3 Å². The Hall–Kier alpha value is -3.17. The van der Waals surface area contributed by atoms with Crippen molar-refractivity contribution in [2.24, 2.45) is 4.99 Å². The molecule has 194 valence electrons. The molecular formula is C28H29BrN2O5S. The molecule has 0 unspecified atom stereocenters. The smallest absolute Gasteiger partial charge is 0.338 e. The van der Waals surface area contributed by atoms with E-state index < -0.39 is 12.0 Å². The van der Waals surface area contributed by atoms with Gasteiger partial charge in [0.05, 0.1) is 41.2 Å². The highest BCUT2D eigenvalue weighted by molar-refractivity contribution is 9.10. The topological polar surface area (TPSA) is 79.1 Å². The normalized spacial score (nSPS) is 15.6. The fourth-order valence-corrected chi connectivity index (χ4v) is 5.54. The van der Waals surface area contributed by atoms with Crippen LogP contribution in [0.1, 0.15) is 51.8 Å². The monoisotopic (exact) mass is 584 g/mol. The van der Waals surface area contributed by atoms with Crippen molar-refractivity contribution in [3.63, 3.8) is 0 Å². The van der Waals surface area contributed by atoms with E-state index in [1.165, 1.54) is 11.3 Å². The van der Waals surface area contributed by atoms with Crippen molar-refractivity contribution < 1.29 is 19.0 Å². The molecule has 0 amide bonds. The van der Waals surface area contributed by atoms with Crippen LogP contribution < -0.4 is 24.4 Å². The molecule has 0 spiro atoms. The molecule has 3 aromatic rings. The van der Waals surface area contributed by atoms with E-state index in [4.69, 9.17) is 14.2 Å². The van der Waals surface area contributed by atoms with Gasteiger partial charge < -0.3 is 14.2 Å². The number of ether oxygens (including phenoxy) is 3. The molecule has 37 heavy (non-hydrogen) atoms. The molecule has 1 aromatic heterocycles. The lowest BCUT2D eigenvalue weighted by Gasteiger charge is -2.25. The highest BCUT2D eigenvalue weighted by Gasteiger charge is 2.34. The summed E-state index contributed by atoms with van der Waals surface area (Å²) in [4.78, 5) is 32.3. The van der Waals surface area contributed by atoms with Gasteiger partial charge >= 0.3 is 5.97 Å². The number of halogens is 1. The third-order valence-corrected chi connectivity index (χ3v) is 7.09. The number of carbonyl (C=O) groups is 1. The van der Waals surface area contributed by atoms with Gasteiger partial charge in [0, 0.05) is 10.0 Å². The number of aromatic nitrogens is 1. The average molecular weight is 586 g/mol. The Morgan fingerprint density at radius 2 is 1.89 bits per heavy atom. The Bertz CT molecular complexity index is 1550. The molecule has 1 aliphatic rings. The number of benzene rings is 2. The molecule has 0 aliphatic carbocycles. The Morgan fingerprint density at radius 3 is 2.57 bits per heavy atom. The van der Waals surface area contributed by atoms with Crippen molar-refractivity contribution in [3.05, 3.63) is 89.0 Å². The van der Waals surface area contributed by atoms with Crippen LogP contribution in [0.5, 0.6) is 11.5 Å². The molecule has 7 nitrogen and oxygen atoms in total. The Labute approximate surface area is 227 Å². The van der Waals surface area contributed by atoms with Gasteiger partial charge in [-0.25, -0.2) is 9.79 Å². The van der Waals surface area contributed by atoms with E-state index in [2.05, 4.69) is 20.9 Å². The van der Waals surface area contributed by atoms with Gasteiger partial charge in [0.1, 0.15) is 11.5 Å². The molecule has 9 heteroatoms. The fourth-order valence-electron chi connectivity index (χ4n) is 4.12. The number of hydrogen-bond acceptors (Lipinski definition) is 7. The van der Waals surface area contributed by atoms with Crippen molar-refractivity contribution in [3.8, 4) is 11.5 Å². The van der Waals surface area contributed by atoms with Crippen LogP contribution in [-0.4, -0.2) is 29.9 Å². The van der Waals surface area contributed by atoms with Crippen LogP contribution in [0, 0.1) is 0 Å². The second-order valence-electron chi connectivity index (χ2n) is 9.16. The highest BCUT2D eigenvalue weighted by Crippen LogP contribution is 2.32. The molecule has 4 rings (SSSR count). The van der Waals surface area contributed by atoms with Gasteiger partial charge in [-0.05, 0) is 76.6 Å². The minimum atomic E-state index is -0.714. The second-order valence-corrected chi connectivity index (χ2v) is 11.1. The van der Waals surface area contributed by atoms with Crippen LogP contribution in [-0.2, 0) is 9.53 Å². The first-order valence-corrected chi connectivity index (χ1v) is 13.5. The van der Waals surface area contributed by atoms with Crippen molar-refractivity contribution in [1.82, 2.24) is 4.57 Å². The first-order chi connectivity index (χ1) is 17.6. The van der Waals surface area contributed by atoms with Gasteiger partial charge in [-0.3, -0.25) is 9.36 Å². The maximum Gasteiger partial charge on any atom is 0.338 e. The lowest BCUT2D eigenvalue weighted by atomic mass is 9.95. The van der Waals surface area contributed by atoms with Crippen LogP contribution in [0.15, 0.2) is 68.0 Å². The summed E-state index contributed by atoms with van der Waals surface area (Å²) >= 11 is 4.78. The van der Waals surface area contributed by atoms with Gasteiger partial charge in [0.15, 0.2) is 4.80 Å². The number of methoxy groups -OCH3 is 1. The van der Waals surface area contributed by atoms with Gasteiger partial charge in [-0.2, -0.15) is 0 Å². The number of thiazole rings is 1. The molecule has 2 aromatic carbocycles. The Balaban J connectivity index is 1.96. The molecule has 0 N–H and O–H groups in total. The van der Waals surface area contributed by atoms with E-state index in [-0.39, 0.29) is 17.8 Å². The van der Waals surface area contributed by atoms with E-state index in [1.807, 2.05) is 56.3 Å². The number of allylic oxidation sites excluding steroid dienone is 1. The lowest BCUT2D eigenvalue weighted by molar-refractivity contribution is -0.143. The van der Waals surface area contributed by atoms with Crippen LogP contribution in [0.4, 0.5) is 0 Å². The first kappa shape index (κ1) is 26.9. The summed E-state index contributed by atoms with van der Waals surface area (Å²) in [7, 11) is 1.58. The van der Waals surface area contributed by atoms with Crippen molar-refractivity contribution >= 4 is 39.3 Å².